The molecule has 0 aliphatic carbocycles. The van der Waals surface area contributed by atoms with Crippen LogP contribution in [-0.4, -0.2) is 28.1 Å². The van der Waals surface area contributed by atoms with Crippen molar-refractivity contribution in [2.24, 2.45) is 5.92 Å². The molecule has 0 radical (unpaired) electrons. The number of benzene rings is 1. The number of aliphatic hydroxyl groups is 1. The molecule has 1 N–H and O–H groups in total. The number of likely N-dealkylation sites (tertiary alicyclic amines) is 1. The Kier molecular flexibility index (Phi) is 3.44. The summed E-state index contributed by atoms with van der Waals surface area (Å²) in [6.07, 6.45) is 0.445. The van der Waals surface area contributed by atoms with Gasteiger partial charge >= 0.3 is 0 Å². The minimum atomic E-state index is -0.791. The number of rotatable bonds is 3. The topological polar surface area (TPSA) is 40.5 Å². The second-order valence-corrected chi connectivity index (χ2v) is 5.69. The summed E-state index contributed by atoms with van der Waals surface area (Å²) in [4.78, 5) is 13.9. The molecule has 1 heterocycles. The summed E-state index contributed by atoms with van der Waals surface area (Å²) in [6.45, 7) is 6.24. The molecule has 3 heteroatoms. The highest BCUT2D eigenvalue weighted by atomic mass is 16.3. The third kappa shape index (κ3) is 2.56. The van der Waals surface area contributed by atoms with Crippen LogP contribution in [0.3, 0.4) is 0 Å². The SMILES string of the molecule is C[C@H](c1ccccc1)N1C[C@@H](C(C)(C)O)CC1=O. The lowest BCUT2D eigenvalue weighted by molar-refractivity contribution is -0.129. The lowest BCUT2D eigenvalue weighted by Gasteiger charge is -2.28. The average Bonchev–Trinajstić information content (AvgIpc) is 2.71. The Labute approximate surface area is 108 Å². The number of carbonyl (C=O) groups is 1. The lowest BCUT2D eigenvalue weighted by Crippen LogP contribution is -2.34. The van der Waals surface area contributed by atoms with E-state index in [0.29, 0.717) is 13.0 Å². The maximum atomic E-state index is 12.1. The second kappa shape index (κ2) is 4.73. The maximum Gasteiger partial charge on any atom is 0.223 e. The third-order valence-corrected chi connectivity index (χ3v) is 3.91. The average molecular weight is 247 g/mol. The van der Waals surface area contributed by atoms with Crippen LogP contribution >= 0.6 is 0 Å². The van der Waals surface area contributed by atoms with Gasteiger partial charge in [0.05, 0.1) is 11.6 Å². The van der Waals surface area contributed by atoms with Crippen LogP contribution < -0.4 is 0 Å². The van der Waals surface area contributed by atoms with E-state index < -0.39 is 5.60 Å². The highest BCUT2D eigenvalue weighted by molar-refractivity contribution is 5.79. The molecule has 1 aliphatic rings. The van der Waals surface area contributed by atoms with Crippen molar-refractivity contribution in [3.63, 3.8) is 0 Å². The van der Waals surface area contributed by atoms with Crippen molar-refractivity contribution in [2.45, 2.75) is 38.8 Å². The van der Waals surface area contributed by atoms with Gasteiger partial charge in [-0.05, 0) is 26.3 Å². The molecular weight excluding hydrogens is 226 g/mol. The van der Waals surface area contributed by atoms with Gasteiger partial charge in [0.1, 0.15) is 0 Å². The van der Waals surface area contributed by atoms with Gasteiger partial charge in [-0.2, -0.15) is 0 Å². The van der Waals surface area contributed by atoms with E-state index in [1.165, 1.54) is 0 Å². The van der Waals surface area contributed by atoms with Gasteiger partial charge in [-0.3, -0.25) is 4.79 Å². The van der Waals surface area contributed by atoms with Crippen molar-refractivity contribution < 1.29 is 9.90 Å². The number of hydrogen-bond acceptors (Lipinski definition) is 2. The Morgan fingerprint density at radius 3 is 2.44 bits per heavy atom. The van der Waals surface area contributed by atoms with Gasteiger partial charge in [0, 0.05) is 18.9 Å². The van der Waals surface area contributed by atoms with Crippen molar-refractivity contribution in [1.29, 1.82) is 0 Å². The van der Waals surface area contributed by atoms with Crippen molar-refractivity contribution in [1.82, 2.24) is 4.90 Å². The minimum Gasteiger partial charge on any atom is -0.390 e. The molecule has 1 aromatic carbocycles. The quantitative estimate of drug-likeness (QED) is 0.890. The largest absolute Gasteiger partial charge is 0.390 e. The van der Waals surface area contributed by atoms with E-state index in [-0.39, 0.29) is 17.9 Å². The van der Waals surface area contributed by atoms with Gasteiger partial charge in [0.2, 0.25) is 5.91 Å². The van der Waals surface area contributed by atoms with Crippen LogP contribution in [0.1, 0.15) is 38.8 Å². The van der Waals surface area contributed by atoms with Gasteiger partial charge in [-0.15, -0.1) is 0 Å². The van der Waals surface area contributed by atoms with Crippen molar-refractivity contribution in [3.8, 4) is 0 Å². The Balaban J connectivity index is 2.13. The van der Waals surface area contributed by atoms with Gasteiger partial charge < -0.3 is 10.0 Å². The summed E-state index contributed by atoms with van der Waals surface area (Å²) in [7, 11) is 0. The van der Waals surface area contributed by atoms with Crippen LogP contribution in [0.4, 0.5) is 0 Å². The molecule has 98 valence electrons. The fourth-order valence-corrected chi connectivity index (χ4v) is 2.49. The Bertz CT molecular complexity index is 422. The number of amides is 1. The first-order valence-electron chi connectivity index (χ1n) is 6.46. The molecular formula is C15H21NO2. The molecule has 3 nitrogen and oxygen atoms in total. The summed E-state index contributed by atoms with van der Waals surface area (Å²) < 4.78 is 0. The van der Waals surface area contributed by atoms with Crippen LogP contribution in [-0.2, 0) is 4.79 Å². The highest BCUT2D eigenvalue weighted by Gasteiger charge is 2.40. The normalized spacial score (nSPS) is 22.3. The predicted octanol–water partition coefficient (Wildman–Crippen LogP) is 2.37. The Morgan fingerprint density at radius 2 is 1.94 bits per heavy atom. The van der Waals surface area contributed by atoms with E-state index >= 15 is 0 Å². The molecule has 18 heavy (non-hydrogen) atoms. The number of carbonyl (C=O) groups excluding carboxylic acids is 1. The standard InChI is InChI=1S/C15H21NO2/c1-11(12-7-5-4-6-8-12)16-10-13(9-14(16)17)15(2,3)18/h4-8,11,13,18H,9-10H2,1-3H3/t11-,13+/m1/s1. The van der Waals surface area contributed by atoms with E-state index in [4.69, 9.17) is 0 Å². The Hall–Kier alpha value is -1.35. The fraction of sp³-hybridized carbons (Fsp3) is 0.533. The molecule has 0 aromatic heterocycles. The summed E-state index contributed by atoms with van der Waals surface area (Å²) in [6, 6.07) is 10.1. The summed E-state index contributed by atoms with van der Waals surface area (Å²) in [5, 5.41) is 10.0. The summed E-state index contributed by atoms with van der Waals surface area (Å²) in [5.74, 6) is 0.162. The fourth-order valence-electron chi connectivity index (χ4n) is 2.49. The van der Waals surface area contributed by atoms with Gasteiger partial charge in [-0.1, -0.05) is 30.3 Å². The molecule has 1 saturated heterocycles. The van der Waals surface area contributed by atoms with Crippen LogP contribution in [0.25, 0.3) is 0 Å². The first-order valence-corrected chi connectivity index (χ1v) is 6.46. The van der Waals surface area contributed by atoms with E-state index in [9.17, 15) is 9.90 Å². The van der Waals surface area contributed by atoms with Gasteiger partial charge in [0.15, 0.2) is 0 Å². The molecule has 0 spiro atoms. The highest BCUT2D eigenvalue weighted by Crippen LogP contribution is 2.33. The third-order valence-electron chi connectivity index (χ3n) is 3.91. The molecule has 1 fully saturated rings. The van der Waals surface area contributed by atoms with Crippen LogP contribution in [0, 0.1) is 5.92 Å². The first kappa shape index (κ1) is 13.1. The van der Waals surface area contributed by atoms with Crippen LogP contribution in [0.5, 0.6) is 0 Å². The molecule has 0 saturated carbocycles. The number of nitrogens with zero attached hydrogens (tertiary/aromatic N) is 1. The predicted molar refractivity (Wildman–Crippen MR) is 71.0 cm³/mol. The van der Waals surface area contributed by atoms with E-state index in [0.717, 1.165) is 5.56 Å². The molecule has 2 atom stereocenters. The monoisotopic (exact) mass is 247 g/mol. The zero-order valence-electron chi connectivity index (χ0n) is 11.3. The van der Waals surface area contributed by atoms with E-state index in [2.05, 4.69) is 0 Å². The number of hydrogen-bond donors (Lipinski definition) is 1. The Morgan fingerprint density at radius 1 is 1.33 bits per heavy atom. The van der Waals surface area contributed by atoms with Crippen molar-refractivity contribution in [3.05, 3.63) is 35.9 Å². The first-order chi connectivity index (χ1) is 8.39. The summed E-state index contributed by atoms with van der Waals surface area (Å²) >= 11 is 0. The molecule has 2 rings (SSSR count). The summed E-state index contributed by atoms with van der Waals surface area (Å²) in [5.41, 5.74) is 0.350. The van der Waals surface area contributed by atoms with Gasteiger partial charge in [-0.25, -0.2) is 0 Å². The zero-order valence-corrected chi connectivity index (χ0v) is 11.3. The second-order valence-electron chi connectivity index (χ2n) is 5.69. The van der Waals surface area contributed by atoms with Crippen molar-refractivity contribution >= 4 is 5.91 Å². The molecule has 1 amide bonds. The van der Waals surface area contributed by atoms with Gasteiger partial charge in [0.25, 0.3) is 0 Å². The molecule has 0 unspecified atom stereocenters. The maximum absolute atomic E-state index is 12.1. The lowest BCUT2D eigenvalue weighted by atomic mass is 9.90. The zero-order chi connectivity index (χ0) is 13.3. The molecule has 0 bridgehead atoms. The minimum absolute atomic E-state index is 0.0242. The molecule has 1 aliphatic heterocycles. The molecule has 1 aromatic rings. The smallest absolute Gasteiger partial charge is 0.223 e. The van der Waals surface area contributed by atoms with E-state index in [1.54, 1.807) is 13.8 Å². The van der Waals surface area contributed by atoms with Crippen LogP contribution in [0.2, 0.25) is 0 Å². The van der Waals surface area contributed by atoms with Crippen molar-refractivity contribution in [2.75, 3.05) is 6.54 Å². The van der Waals surface area contributed by atoms with Crippen LogP contribution in [0.15, 0.2) is 30.3 Å². The van der Waals surface area contributed by atoms with E-state index in [1.807, 2.05) is 42.2 Å².